The number of carbonyl (C=O) groups excluding carboxylic acids is 1. The second kappa shape index (κ2) is 8.93. The van der Waals surface area contributed by atoms with Gasteiger partial charge in [0.2, 0.25) is 5.91 Å². The first kappa shape index (κ1) is 17.9. The van der Waals surface area contributed by atoms with E-state index in [9.17, 15) is 4.79 Å². The Balaban J connectivity index is 0.00000324. The standard InChI is InChI=1S/C13H24N4O.ClH/c1-10(2)7-12(14)13(18)15-6-4-5-11-8-16-17(3)9-11;/h8-10,12H,4-7,14H2,1-3H3,(H,15,18);1H/t12-;/m0./s1. The van der Waals surface area contributed by atoms with Crippen LogP contribution in [0.1, 0.15) is 32.3 Å². The van der Waals surface area contributed by atoms with Crippen LogP contribution in [0.25, 0.3) is 0 Å². The lowest BCUT2D eigenvalue weighted by Crippen LogP contribution is -2.41. The maximum atomic E-state index is 11.6. The summed E-state index contributed by atoms with van der Waals surface area (Å²) in [6, 6.07) is -0.386. The van der Waals surface area contributed by atoms with Gasteiger partial charge in [-0.05, 0) is 30.7 Å². The molecule has 0 saturated heterocycles. The molecule has 0 aliphatic heterocycles. The van der Waals surface area contributed by atoms with Gasteiger partial charge in [-0.25, -0.2) is 0 Å². The van der Waals surface area contributed by atoms with Crippen molar-refractivity contribution in [2.75, 3.05) is 6.54 Å². The third-order valence-electron chi connectivity index (χ3n) is 2.76. The third-order valence-corrected chi connectivity index (χ3v) is 2.76. The Bertz CT molecular complexity index is 378. The fourth-order valence-corrected chi connectivity index (χ4v) is 1.85. The van der Waals surface area contributed by atoms with Crippen LogP contribution < -0.4 is 11.1 Å². The normalized spacial score (nSPS) is 12.1. The van der Waals surface area contributed by atoms with Crippen LogP contribution in [0.3, 0.4) is 0 Å². The highest BCUT2D eigenvalue weighted by Crippen LogP contribution is 2.03. The second-order valence-electron chi connectivity index (χ2n) is 5.15. The minimum absolute atomic E-state index is 0. The van der Waals surface area contributed by atoms with Crippen molar-refractivity contribution in [1.82, 2.24) is 15.1 Å². The number of nitrogens with two attached hydrogens (primary N) is 1. The molecule has 19 heavy (non-hydrogen) atoms. The van der Waals surface area contributed by atoms with Gasteiger partial charge in [-0.15, -0.1) is 12.4 Å². The van der Waals surface area contributed by atoms with Gasteiger partial charge in [0, 0.05) is 19.8 Å². The quantitative estimate of drug-likeness (QED) is 0.742. The van der Waals surface area contributed by atoms with Crippen molar-refractivity contribution >= 4 is 18.3 Å². The van der Waals surface area contributed by atoms with Gasteiger partial charge < -0.3 is 11.1 Å². The minimum atomic E-state index is -0.386. The highest BCUT2D eigenvalue weighted by atomic mass is 35.5. The molecule has 0 bridgehead atoms. The molecule has 0 saturated carbocycles. The topological polar surface area (TPSA) is 72.9 Å². The number of amides is 1. The molecular formula is C13H25ClN4O. The summed E-state index contributed by atoms with van der Waals surface area (Å²) >= 11 is 0. The number of rotatable bonds is 7. The van der Waals surface area contributed by atoms with E-state index in [1.54, 1.807) is 4.68 Å². The summed E-state index contributed by atoms with van der Waals surface area (Å²) in [6.45, 7) is 4.80. The summed E-state index contributed by atoms with van der Waals surface area (Å²) in [7, 11) is 1.90. The van der Waals surface area contributed by atoms with Crippen molar-refractivity contribution in [3.8, 4) is 0 Å². The Kier molecular flexibility index (Phi) is 8.43. The van der Waals surface area contributed by atoms with E-state index in [4.69, 9.17) is 5.73 Å². The predicted octanol–water partition coefficient (Wildman–Crippen LogP) is 1.26. The maximum Gasteiger partial charge on any atom is 0.236 e. The van der Waals surface area contributed by atoms with Gasteiger partial charge in [0.15, 0.2) is 0 Å². The van der Waals surface area contributed by atoms with Crippen molar-refractivity contribution in [2.24, 2.45) is 18.7 Å². The Hall–Kier alpha value is -1.07. The van der Waals surface area contributed by atoms with Crippen molar-refractivity contribution in [2.45, 2.75) is 39.2 Å². The van der Waals surface area contributed by atoms with Crippen molar-refractivity contribution < 1.29 is 4.79 Å². The van der Waals surface area contributed by atoms with Crippen LogP contribution in [0, 0.1) is 5.92 Å². The summed E-state index contributed by atoms with van der Waals surface area (Å²) in [5.74, 6) is 0.399. The number of nitrogens with zero attached hydrogens (tertiary/aromatic N) is 2. The number of hydrogen-bond donors (Lipinski definition) is 2. The van der Waals surface area contributed by atoms with Gasteiger partial charge in [-0.2, -0.15) is 5.10 Å². The lowest BCUT2D eigenvalue weighted by atomic mass is 10.0. The molecule has 0 aliphatic rings. The molecule has 110 valence electrons. The first-order valence-electron chi connectivity index (χ1n) is 6.50. The van der Waals surface area contributed by atoms with Crippen molar-refractivity contribution in [3.63, 3.8) is 0 Å². The number of aryl methyl sites for hydroxylation is 2. The first-order chi connectivity index (χ1) is 8.49. The van der Waals surface area contributed by atoms with Crippen molar-refractivity contribution in [1.29, 1.82) is 0 Å². The van der Waals surface area contributed by atoms with Gasteiger partial charge in [0.05, 0.1) is 12.2 Å². The molecule has 5 nitrogen and oxygen atoms in total. The zero-order valence-electron chi connectivity index (χ0n) is 11.9. The number of carbonyl (C=O) groups is 1. The summed E-state index contributed by atoms with van der Waals surface area (Å²) in [4.78, 5) is 11.6. The molecular weight excluding hydrogens is 264 g/mol. The molecule has 0 unspecified atom stereocenters. The Morgan fingerprint density at radius 1 is 1.53 bits per heavy atom. The Morgan fingerprint density at radius 3 is 2.74 bits per heavy atom. The molecule has 1 aromatic heterocycles. The summed E-state index contributed by atoms with van der Waals surface area (Å²) in [5.41, 5.74) is 6.98. The molecule has 6 heteroatoms. The third kappa shape index (κ3) is 7.18. The van der Waals surface area contributed by atoms with E-state index in [2.05, 4.69) is 24.3 Å². The molecule has 0 aliphatic carbocycles. The number of hydrogen-bond acceptors (Lipinski definition) is 3. The highest BCUT2D eigenvalue weighted by molar-refractivity contribution is 5.85. The van der Waals surface area contributed by atoms with Crippen LogP contribution >= 0.6 is 12.4 Å². The van der Waals surface area contributed by atoms with Crippen molar-refractivity contribution in [3.05, 3.63) is 18.0 Å². The predicted molar refractivity (Wildman–Crippen MR) is 79.2 cm³/mol. The van der Waals surface area contributed by atoms with E-state index in [1.807, 2.05) is 19.4 Å². The van der Waals surface area contributed by atoms with E-state index >= 15 is 0 Å². The monoisotopic (exact) mass is 288 g/mol. The molecule has 1 aromatic rings. The van der Waals surface area contributed by atoms with Crippen LogP contribution in [-0.2, 0) is 18.3 Å². The molecule has 0 spiro atoms. The largest absolute Gasteiger partial charge is 0.355 e. The van der Waals surface area contributed by atoms with Gasteiger partial charge in [0.1, 0.15) is 0 Å². The summed E-state index contributed by atoms with van der Waals surface area (Å²) < 4.78 is 1.78. The molecule has 0 fully saturated rings. The van der Waals surface area contributed by atoms with Crippen LogP contribution in [0.15, 0.2) is 12.4 Å². The van der Waals surface area contributed by atoms with E-state index in [-0.39, 0.29) is 24.4 Å². The lowest BCUT2D eigenvalue weighted by molar-refractivity contribution is -0.122. The van der Waals surface area contributed by atoms with E-state index in [0.29, 0.717) is 12.5 Å². The molecule has 1 atom stereocenters. The van der Waals surface area contributed by atoms with Gasteiger partial charge in [-0.1, -0.05) is 13.8 Å². The van der Waals surface area contributed by atoms with Crippen LogP contribution in [0.5, 0.6) is 0 Å². The van der Waals surface area contributed by atoms with Crippen LogP contribution in [0.2, 0.25) is 0 Å². The molecule has 1 amide bonds. The average molecular weight is 289 g/mol. The van der Waals surface area contributed by atoms with E-state index in [0.717, 1.165) is 19.3 Å². The second-order valence-corrected chi connectivity index (χ2v) is 5.15. The zero-order chi connectivity index (χ0) is 13.5. The minimum Gasteiger partial charge on any atom is -0.355 e. The van der Waals surface area contributed by atoms with Crippen LogP contribution in [0.4, 0.5) is 0 Å². The van der Waals surface area contributed by atoms with Gasteiger partial charge in [-0.3, -0.25) is 9.48 Å². The van der Waals surface area contributed by atoms with E-state index in [1.165, 1.54) is 5.56 Å². The average Bonchev–Trinajstić information content (AvgIpc) is 2.69. The summed E-state index contributed by atoms with van der Waals surface area (Å²) in [5, 5.41) is 6.97. The number of nitrogens with one attached hydrogen (secondary N) is 1. The summed E-state index contributed by atoms with van der Waals surface area (Å²) in [6.07, 6.45) is 6.41. The fraction of sp³-hybridized carbons (Fsp3) is 0.692. The molecule has 3 N–H and O–H groups in total. The Labute approximate surface area is 121 Å². The lowest BCUT2D eigenvalue weighted by Gasteiger charge is -2.13. The number of aromatic nitrogens is 2. The molecule has 0 aromatic carbocycles. The molecule has 1 rings (SSSR count). The fourth-order valence-electron chi connectivity index (χ4n) is 1.85. The van der Waals surface area contributed by atoms with E-state index < -0.39 is 0 Å². The van der Waals surface area contributed by atoms with Crippen LogP contribution in [-0.4, -0.2) is 28.3 Å². The Morgan fingerprint density at radius 2 is 2.21 bits per heavy atom. The molecule has 0 radical (unpaired) electrons. The first-order valence-corrected chi connectivity index (χ1v) is 6.50. The van der Waals surface area contributed by atoms with Gasteiger partial charge in [0.25, 0.3) is 0 Å². The smallest absolute Gasteiger partial charge is 0.236 e. The number of halogens is 1. The molecule has 1 heterocycles. The SMILES string of the molecule is CC(C)C[C@H](N)C(=O)NCCCc1cnn(C)c1.Cl. The highest BCUT2D eigenvalue weighted by Gasteiger charge is 2.13. The zero-order valence-corrected chi connectivity index (χ0v) is 12.7. The maximum absolute atomic E-state index is 11.6. The van der Waals surface area contributed by atoms with Gasteiger partial charge >= 0.3 is 0 Å².